The summed E-state index contributed by atoms with van der Waals surface area (Å²) >= 11 is 5.58. The van der Waals surface area contributed by atoms with Crippen LogP contribution in [0.4, 0.5) is 18.9 Å². The molecule has 1 aromatic rings. The minimum absolute atomic E-state index is 0.0449. The van der Waals surface area contributed by atoms with Crippen LogP contribution in [0.5, 0.6) is 0 Å². The van der Waals surface area contributed by atoms with E-state index in [2.05, 4.69) is 5.32 Å². The molecule has 5 nitrogen and oxygen atoms in total. The van der Waals surface area contributed by atoms with E-state index in [1.165, 1.54) is 13.0 Å². The summed E-state index contributed by atoms with van der Waals surface area (Å²) in [6, 6.07) is 3.09. The quantitative estimate of drug-likeness (QED) is 0.857. The number of hydrogen-bond acceptors (Lipinski definition) is 3. The number of halogens is 4. The van der Waals surface area contributed by atoms with E-state index in [-0.39, 0.29) is 18.3 Å². The third kappa shape index (κ3) is 5.34. The maximum atomic E-state index is 13.0. The minimum atomic E-state index is -4.66. The summed E-state index contributed by atoms with van der Waals surface area (Å²) in [6.07, 6.45) is -2.96. The van der Waals surface area contributed by atoms with E-state index in [1.807, 2.05) is 0 Å². The summed E-state index contributed by atoms with van der Waals surface area (Å²) in [5, 5.41) is 2.16. The highest BCUT2D eigenvalue weighted by molar-refractivity contribution is 6.31. The molecule has 1 aliphatic rings. The molecule has 0 radical (unpaired) electrons. The molecule has 1 N–H and O–H groups in total. The van der Waals surface area contributed by atoms with Gasteiger partial charge in [0, 0.05) is 25.8 Å². The molecule has 1 aliphatic heterocycles. The Bertz CT molecular complexity index is 646. The summed E-state index contributed by atoms with van der Waals surface area (Å²) in [7, 11) is 0. The van der Waals surface area contributed by atoms with E-state index in [9.17, 15) is 22.8 Å². The predicted molar refractivity (Wildman–Crippen MR) is 86.5 cm³/mol. The van der Waals surface area contributed by atoms with E-state index in [4.69, 9.17) is 16.3 Å². The lowest BCUT2D eigenvalue weighted by Gasteiger charge is -2.22. The highest BCUT2D eigenvalue weighted by Gasteiger charge is 2.34. The molecule has 138 valence electrons. The van der Waals surface area contributed by atoms with Crippen molar-refractivity contribution >= 4 is 29.1 Å². The van der Waals surface area contributed by atoms with Gasteiger partial charge in [-0.3, -0.25) is 9.59 Å². The predicted octanol–water partition coefficient (Wildman–Crippen LogP) is 3.01. The first-order valence-corrected chi connectivity index (χ1v) is 8.09. The number of ether oxygens (including phenoxy) is 1. The highest BCUT2D eigenvalue weighted by Crippen LogP contribution is 2.37. The van der Waals surface area contributed by atoms with E-state index in [0.717, 1.165) is 29.9 Å². The Morgan fingerprint density at radius 3 is 2.68 bits per heavy atom. The molecule has 0 saturated carbocycles. The van der Waals surface area contributed by atoms with Crippen LogP contribution in [0, 0.1) is 0 Å². The van der Waals surface area contributed by atoms with Gasteiger partial charge in [-0.2, -0.15) is 13.2 Å². The van der Waals surface area contributed by atoms with E-state index >= 15 is 0 Å². The van der Waals surface area contributed by atoms with Gasteiger partial charge in [-0.25, -0.2) is 0 Å². The second-order valence-electron chi connectivity index (χ2n) is 5.71. The molecule has 2 amide bonds. The van der Waals surface area contributed by atoms with Crippen LogP contribution in [0.1, 0.15) is 25.3 Å². The van der Waals surface area contributed by atoms with Gasteiger partial charge in [0.25, 0.3) is 0 Å². The molecule has 0 spiro atoms. The molecule has 0 aromatic heterocycles. The van der Waals surface area contributed by atoms with Gasteiger partial charge in [-0.05, 0) is 31.0 Å². The Labute approximate surface area is 148 Å². The Kier molecular flexibility index (Phi) is 6.29. The Balaban J connectivity index is 2.09. The standard InChI is InChI=1S/C16H18ClF3N2O3/c1-10(23)22(9-15(24)21-8-12-3-2-6-25-12)11-4-5-14(17)13(7-11)16(18,19)20/h4-5,7,12H,2-3,6,8-9H2,1H3,(H,21,24). The lowest BCUT2D eigenvalue weighted by molar-refractivity contribution is -0.137. The van der Waals surface area contributed by atoms with Gasteiger partial charge in [0.1, 0.15) is 6.54 Å². The smallest absolute Gasteiger partial charge is 0.376 e. The number of benzene rings is 1. The Morgan fingerprint density at radius 1 is 1.40 bits per heavy atom. The van der Waals surface area contributed by atoms with Crippen molar-refractivity contribution < 1.29 is 27.5 Å². The average molecular weight is 379 g/mol. The van der Waals surface area contributed by atoms with E-state index in [0.29, 0.717) is 13.2 Å². The van der Waals surface area contributed by atoms with Crippen LogP contribution in [0.15, 0.2) is 18.2 Å². The monoisotopic (exact) mass is 378 g/mol. The van der Waals surface area contributed by atoms with Crippen LogP contribution in [-0.2, 0) is 20.5 Å². The van der Waals surface area contributed by atoms with Crippen LogP contribution in [-0.4, -0.2) is 37.6 Å². The van der Waals surface area contributed by atoms with Gasteiger partial charge in [0.05, 0.1) is 16.7 Å². The minimum Gasteiger partial charge on any atom is -0.376 e. The molecular weight excluding hydrogens is 361 g/mol. The first-order valence-electron chi connectivity index (χ1n) is 7.71. The van der Waals surface area contributed by atoms with Gasteiger partial charge < -0.3 is 15.0 Å². The third-order valence-corrected chi connectivity index (χ3v) is 4.13. The van der Waals surface area contributed by atoms with Gasteiger partial charge in [0.2, 0.25) is 11.8 Å². The number of rotatable bonds is 5. The largest absolute Gasteiger partial charge is 0.417 e. The summed E-state index contributed by atoms with van der Waals surface area (Å²) < 4.78 is 44.3. The zero-order valence-electron chi connectivity index (χ0n) is 13.5. The number of anilines is 1. The lowest BCUT2D eigenvalue weighted by Crippen LogP contribution is -2.42. The van der Waals surface area contributed by atoms with Gasteiger partial charge in [-0.1, -0.05) is 11.6 Å². The zero-order valence-corrected chi connectivity index (χ0v) is 14.3. The van der Waals surface area contributed by atoms with Crippen LogP contribution in [0.3, 0.4) is 0 Å². The van der Waals surface area contributed by atoms with Crippen LogP contribution in [0.2, 0.25) is 5.02 Å². The van der Waals surface area contributed by atoms with Crippen molar-refractivity contribution in [3.8, 4) is 0 Å². The molecule has 1 heterocycles. The molecule has 1 aromatic carbocycles. The molecule has 0 bridgehead atoms. The lowest BCUT2D eigenvalue weighted by atomic mass is 10.1. The molecule has 2 rings (SSSR count). The van der Waals surface area contributed by atoms with Crippen molar-refractivity contribution in [1.29, 1.82) is 0 Å². The normalized spacial score (nSPS) is 17.4. The fraction of sp³-hybridized carbons (Fsp3) is 0.500. The SMILES string of the molecule is CC(=O)N(CC(=O)NCC1CCCO1)c1ccc(Cl)c(C(F)(F)F)c1. The van der Waals surface area contributed by atoms with Crippen LogP contribution in [0.25, 0.3) is 0 Å². The first-order chi connectivity index (χ1) is 11.7. The molecule has 0 aliphatic carbocycles. The summed E-state index contributed by atoms with van der Waals surface area (Å²) in [5.41, 5.74) is -1.10. The number of alkyl halides is 3. The summed E-state index contributed by atoms with van der Waals surface area (Å²) in [5.74, 6) is -1.03. The topological polar surface area (TPSA) is 58.6 Å². The molecule has 1 fully saturated rings. The number of hydrogen-bond donors (Lipinski definition) is 1. The zero-order chi connectivity index (χ0) is 18.6. The molecule has 1 unspecified atom stereocenters. The molecule has 1 atom stereocenters. The molecule has 1 saturated heterocycles. The molecule has 25 heavy (non-hydrogen) atoms. The van der Waals surface area contributed by atoms with Crippen molar-refractivity contribution in [2.45, 2.75) is 32.0 Å². The van der Waals surface area contributed by atoms with E-state index < -0.39 is 28.6 Å². The van der Waals surface area contributed by atoms with Crippen molar-refractivity contribution in [2.24, 2.45) is 0 Å². The summed E-state index contributed by atoms with van der Waals surface area (Å²) in [6.45, 7) is 1.74. The maximum absolute atomic E-state index is 13.0. The van der Waals surface area contributed by atoms with Crippen molar-refractivity contribution in [3.05, 3.63) is 28.8 Å². The van der Waals surface area contributed by atoms with Gasteiger partial charge in [-0.15, -0.1) is 0 Å². The van der Waals surface area contributed by atoms with Gasteiger partial charge >= 0.3 is 6.18 Å². The number of nitrogens with one attached hydrogen (secondary N) is 1. The highest BCUT2D eigenvalue weighted by atomic mass is 35.5. The first kappa shape index (κ1) is 19.5. The number of nitrogens with zero attached hydrogens (tertiary/aromatic N) is 1. The molecular formula is C16H18ClF3N2O3. The fourth-order valence-electron chi connectivity index (χ4n) is 2.52. The third-order valence-electron chi connectivity index (χ3n) is 3.80. The summed E-state index contributed by atoms with van der Waals surface area (Å²) in [4.78, 5) is 24.8. The number of carbonyl (C=O) groups excluding carboxylic acids is 2. The van der Waals surface area contributed by atoms with Crippen LogP contribution < -0.4 is 10.2 Å². The Hall–Kier alpha value is -1.80. The van der Waals surface area contributed by atoms with Crippen LogP contribution >= 0.6 is 11.6 Å². The number of carbonyl (C=O) groups is 2. The second kappa shape index (κ2) is 8.05. The van der Waals surface area contributed by atoms with E-state index in [1.54, 1.807) is 0 Å². The van der Waals surface area contributed by atoms with Crippen molar-refractivity contribution in [3.63, 3.8) is 0 Å². The second-order valence-corrected chi connectivity index (χ2v) is 6.11. The maximum Gasteiger partial charge on any atom is 0.417 e. The Morgan fingerprint density at radius 2 is 2.12 bits per heavy atom. The average Bonchev–Trinajstić information content (AvgIpc) is 3.03. The molecule has 9 heteroatoms. The van der Waals surface area contributed by atoms with Crippen molar-refractivity contribution in [2.75, 3.05) is 24.6 Å². The van der Waals surface area contributed by atoms with Gasteiger partial charge in [0.15, 0.2) is 0 Å². The number of amides is 2. The van der Waals surface area contributed by atoms with Crippen molar-refractivity contribution in [1.82, 2.24) is 5.32 Å². The fourth-order valence-corrected chi connectivity index (χ4v) is 2.74.